The number of nitrogens with zero attached hydrogens (tertiary/aromatic N) is 1. The van der Waals surface area contributed by atoms with Crippen LogP contribution in [0, 0.1) is 5.41 Å². The number of carbonyl (C=O) groups is 7. The van der Waals surface area contributed by atoms with Gasteiger partial charge in [0.15, 0.2) is 5.96 Å². The van der Waals surface area contributed by atoms with Crippen LogP contribution in [0.5, 0.6) is 5.75 Å². The highest BCUT2D eigenvalue weighted by molar-refractivity contribution is 5.97. The minimum Gasteiger partial charge on any atom is -0.508 e. The molecule has 1 heterocycles. The Kier molecular flexibility index (Phi) is 18.9. The van der Waals surface area contributed by atoms with E-state index in [1.54, 1.807) is 12.1 Å². The lowest BCUT2D eigenvalue weighted by Gasteiger charge is -2.32. The van der Waals surface area contributed by atoms with Gasteiger partial charge in [0, 0.05) is 46.1 Å². The quantitative estimate of drug-likeness (QED) is 0.0359. The number of aliphatic carboxylic acids is 1. The fraction of sp³-hybridized carbons (Fsp3) is 0.429. The van der Waals surface area contributed by atoms with Gasteiger partial charge in [-0.3, -0.25) is 39.0 Å². The molecule has 0 radical (unpaired) electrons. The summed E-state index contributed by atoms with van der Waals surface area (Å²) >= 11 is 0. The van der Waals surface area contributed by atoms with Crippen LogP contribution < -0.4 is 48.3 Å². The summed E-state index contributed by atoms with van der Waals surface area (Å²) in [6, 6.07) is 14.4. The zero-order chi connectivity index (χ0) is 45.0. The normalized spacial score (nSPS) is 19.0. The van der Waals surface area contributed by atoms with Gasteiger partial charge in [0.05, 0.1) is 19.6 Å². The minimum atomic E-state index is -1.23. The molecule has 0 bridgehead atoms. The molecule has 0 saturated carbocycles. The molecule has 0 spiro atoms. The number of guanidine groups is 1. The number of hydrogen-bond donors (Lipinski definition) is 12. The Morgan fingerprint density at radius 3 is 2.08 bits per heavy atom. The third-order valence-corrected chi connectivity index (χ3v) is 10.1. The third-order valence-electron chi connectivity index (χ3n) is 10.1. The number of carboxylic acid groups (broad SMARTS) is 1. The van der Waals surface area contributed by atoms with E-state index in [4.69, 9.17) is 16.2 Å². The molecule has 4 rings (SSSR count). The predicted octanol–water partition coefficient (Wildman–Crippen LogP) is -1.83. The number of phenolic OH excluding ortho intramolecular Hbond substituents is 1. The Bertz CT molecular complexity index is 2050. The zero-order valence-corrected chi connectivity index (χ0v) is 34.6. The molecule has 6 amide bonds. The number of carbonyl (C=O) groups excluding carboxylic acids is 6. The number of likely N-dealkylation sites (N-methyl/N-ethyl adjacent to an activating group) is 1. The number of nitrogens with two attached hydrogens (primary N) is 1. The highest BCUT2D eigenvalue weighted by atomic mass is 16.4. The number of hydrogen-bond acceptors (Lipinski definition) is 11. The number of rotatable bonds is 19. The molecule has 3 aromatic rings. The zero-order valence-electron chi connectivity index (χ0n) is 34.6. The molecule has 1 aliphatic rings. The summed E-state index contributed by atoms with van der Waals surface area (Å²) in [6.07, 6.45) is 0.538. The lowest BCUT2D eigenvalue weighted by atomic mass is 10.00. The largest absolute Gasteiger partial charge is 0.508 e. The van der Waals surface area contributed by atoms with E-state index in [9.17, 15) is 38.7 Å². The van der Waals surface area contributed by atoms with Crippen LogP contribution in [-0.4, -0.2) is 140 Å². The Hall–Kier alpha value is -6.80. The molecule has 62 heavy (non-hydrogen) atoms. The molecule has 0 aliphatic carbocycles. The van der Waals surface area contributed by atoms with Crippen LogP contribution in [0.3, 0.4) is 0 Å². The first-order chi connectivity index (χ1) is 29.7. The fourth-order valence-corrected chi connectivity index (χ4v) is 6.81. The number of nitrogens with one attached hydrogen (secondary N) is 9. The monoisotopic (exact) mass is 859 g/mol. The molecular weight excluding hydrogens is 803 g/mol. The first kappa shape index (κ1) is 47.9. The standard InChI is InChI=1S/C42H57N11O9/c1-53-34(9-5-16-47-35(55)23-45-18-19-46-25-37(57)58)40(61)51-31(8-4-17-48-42(43)44)39(60)52-32(22-27-10-13-28-6-2-3-7-29(28)20-27)38(59)49-24-36(56)50-33(41(53)62)21-26-11-14-30(54)15-12-26/h2-3,6-7,10-15,20,31-34,45-46,54H,4-5,8-9,16-19,21-25H2,1H3,(H,47,55)(H,49,59)(H,50,56)(H,51,61)(H,52,60)(H,57,58)(H4,43,44,48)/t31-,32-,33+,34+/m0/s1. The molecular formula is C42H57N11O9. The van der Waals surface area contributed by atoms with Crippen LogP contribution in [0.15, 0.2) is 66.7 Å². The first-order valence-electron chi connectivity index (χ1n) is 20.4. The van der Waals surface area contributed by atoms with E-state index in [0.29, 0.717) is 18.7 Å². The summed E-state index contributed by atoms with van der Waals surface area (Å²) in [7, 11) is 1.40. The van der Waals surface area contributed by atoms with Crippen molar-refractivity contribution in [3.05, 3.63) is 77.9 Å². The van der Waals surface area contributed by atoms with Crippen molar-refractivity contribution in [3.63, 3.8) is 0 Å². The summed E-state index contributed by atoms with van der Waals surface area (Å²) < 4.78 is 0. The number of aromatic hydroxyl groups is 1. The second-order valence-corrected chi connectivity index (χ2v) is 14.9. The maximum absolute atomic E-state index is 14.3. The molecule has 0 aromatic heterocycles. The van der Waals surface area contributed by atoms with E-state index in [1.165, 1.54) is 24.1 Å². The number of carboxylic acids is 1. The summed E-state index contributed by atoms with van der Waals surface area (Å²) in [5, 5.41) is 49.9. The predicted molar refractivity (Wildman–Crippen MR) is 230 cm³/mol. The van der Waals surface area contributed by atoms with Gasteiger partial charge in [-0.05, 0) is 59.7 Å². The van der Waals surface area contributed by atoms with Crippen LogP contribution in [-0.2, 0) is 46.4 Å². The van der Waals surface area contributed by atoms with Gasteiger partial charge in [0.1, 0.15) is 29.9 Å². The summed E-state index contributed by atoms with van der Waals surface area (Å²) in [6.45, 7) is 0.167. The van der Waals surface area contributed by atoms with Crippen molar-refractivity contribution in [1.29, 1.82) is 5.41 Å². The highest BCUT2D eigenvalue weighted by Gasteiger charge is 2.35. The molecule has 1 aliphatic heterocycles. The van der Waals surface area contributed by atoms with Crippen LogP contribution in [0.2, 0.25) is 0 Å². The van der Waals surface area contributed by atoms with Crippen molar-refractivity contribution in [1.82, 2.24) is 47.4 Å². The van der Waals surface area contributed by atoms with E-state index in [0.717, 1.165) is 16.3 Å². The summed E-state index contributed by atoms with van der Waals surface area (Å²) in [5.74, 6) is -5.09. The van der Waals surface area contributed by atoms with Crippen LogP contribution in [0.25, 0.3) is 10.8 Å². The number of phenols is 1. The first-order valence-corrected chi connectivity index (χ1v) is 20.4. The van der Waals surface area contributed by atoms with Crippen molar-refractivity contribution in [2.75, 3.05) is 52.9 Å². The maximum atomic E-state index is 14.3. The van der Waals surface area contributed by atoms with Crippen molar-refractivity contribution >= 4 is 58.1 Å². The Morgan fingerprint density at radius 1 is 0.742 bits per heavy atom. The number of fused-ring (bicyclic) bond motifs is 1. The van der Waals surface area contributed by atoms with Crippen molar-refractivity contribution < 1.29 is 43.8 Å². The van der Waals surface area contributed by atoms with Gasteiger partial charge in [-0.15, -0.1) is 0 Å². The highest BCUT2D eigenvalue weighted by Crippen LogP contribution is 2.18. The molecule has 0 unspecified atom stereocenters. The molecule has 3 aromatic carbocycles. The van der Waals surface area contributed by atoms with Gasteiger partial charge in [0.2, 0.25) is 35.4 Å². The molecule has 1 fully saturated rings. The van der Waals surface area contributed by atoms with Gasteiger partial charge < -0.3 is 63.4 Å². The second-order valence-electron chi connectivity index (χ2n) is 14.9. The molecule has 20 nitrogen and oxygen atoms in total. The van der Waals surface area contributed by atoms with Gasteiger partial charge in [0.25, 0.3) is 0 Å². The number of amides is 6. The Morgan fingerprint density at radius 2 is 1.37 bits per heavy atom. The lowest BCUT2D eigenvalue weighted by Crippen LogP contribution is -2.58. The van der Waals surface area contributed by atoms with Crippen molar-refractivity contribution in [3.8, 4) is 5.75 Å². The van der Waals surface area contributed by atoms with E-state index in [1.807, 2.05) is 42.5 Å². The molecule has 1 saturated heterocycles. The second kappa shape index (κ2) is 24.5. The lowest BCUT2D eigenvalue weighted by molar-refractivity contribution is -0.142. The average Bonchev–Trinajstić information content (AvgIpc) is 3.24. The summed E-state index contributed by atoms with van der Waals surface area (Å²) in [4.78, 5) is 94.4. The van der Waals surface area contributed by atoms with Crippen molar-refractivity contribution in [2.45, 2.75) is 62.7 Å². The van der Waals surface area contributed by atoms with Gasteiger partial charge >= 0.3 is 5.97 Å². The molecule has 4 atom stereocenters. The van der Waals surface area contributed by atoms with Gasteiger partial charge in [-0.2, -0.15) is 0 Å². The average molecular weight is 860 g/mol. The van der Waals surface area contributed by atoms with Gasteiger partial charge in [-0.1, -0.05) is 54.6 Å². The van der Waals surface area contributed by atoms with Crippen LogP contribution >= 0.6 is 0 Å². The molecule has 13 N–H and O–H groups in total. The third kappa shape index (κ3) is 16.0. The van der Waals surface area contributed by atoms with Crippen LogP contribution in [0.4, 0.5) is 0 Å². The smallest absolute Gasteiger partial charge is 0.317 e. The van der Waals surface area contributed by atoms with Crippen molar-refractivity contribution in [2.24, 2.45) is 5.73 Å². The maximum Gasteiger partial charge on any atom is 0.317 e. The Balaban J connectivity index is 1.61. The SMILES string of the molecule is CN1C(=O)[C@@H](Cc2ccc(O)cc2)NC(=O)CNC(=O)[C@H](Cc2ccc3ccccc3c2)NC(=O)[C@H](CCCNC(=N)N)NC(=O)[C@H]1CCCNC(=O)CNCCNCC(=O)O. The molecule has 334 valence electrons. The topological polar surface area (TPSA) is 309 Å². The molecule has 20 heteroatoms. The van der Waals surface area contributed by atoms with E-state index < -0.39 is 66.2 Å². The number of benzene rings is 3. The van der Waals surface area contributed by atoms with E-state index in [2.05, 4.69) is 42.5 Å². The van der Waals surface area contributed by atoms with Gasteiger partial charge in [-0.25, -0.2) is 0 Å². The van der Waals surface area contributed by atoms with E-state index >= 15 is 0 Å². The minimum absolute atomic E-state index is 0.00796. The summed E-state index contributed by atoms with van der Waals surface area (Å²) in [5.41, 5.74) is 6.76. The fourth-order valence-electron chi connectivity index (χ4n) is 6.81. The van der Waals surface area contributed by atoms with Crippen LogP contribution in [0.1, 0.15) is 36.8 Å². The van der Waals surface area contributed by atoms with E-state index in [-0.39, 0.29) is 82.3 Å². The Labute approximate surface area is 359 Å².